The Labute approximate surface area is 162 Å². The molecule has 1 saturated heterocycles. The number of hydrogen-bond donors (Lipinski definition) is 3. The number of ether oxygens (including phenoxy) is 2. The van der Waals surface area contributed by atoms with Crippen LogP contribution in [0.4, 0.5) is 16.2 Å². The highest BCUT2D eigenvalue weighted by molar-refractivity contribution is 6.32. The number of nitrogens with two attached hydrogens (primary N) is 1. The second kappa shape index (κ2) is 8.71. The van der Waals surface area contributed by atoms with Crippen molar-refractivity contribution in [3.8, 4) is 0 Å². The number of anilines is 2. The van der Waals surface area contributed by atoms with Crippen molar-refractivity contribution in [2.24, 2.45) is 10.7 Å². The van der Waals surface area contributed by atoms with Crippen molar-refractivity contribution in [1.82, 2.24) is 9.97 Å². The average molecular weight is 399 g/mol. The topological polar surface area (TPSA) is 107 Å². The van der Waals surface area contributed by atoms with Gasteiger partial charge in [-0.1, -0.05) is 11.6 Å². The summed E-state index contributed by atoms with van der Waals surface area (Å²) in [6, 6.07) is -0.411. The Morgan fingerprint density at radius 1 is 1.41 bits per heavy atom. The van der Waals surface area contributed by atoms with E-state index in [-0.39, 0.29) is 24.5 Å². The number of hydrogen-bond acceptors (Lipinski definition) is 8. The zero-order valence-corrected chi connectivity index (χ0v) is 16.1. The molecule has 4 N–H and O–H groups in total. The molecule has 1 aromatic rings. The maximum absolute atomic E-state index is 14.1. The van der Waals surface area contributed by atoms with Crippen molar-refractivity contribution in [1.29, 1.82) is 0 Å². The minimum atomic E-state index is -1.15. The largest absolute Gasteiger partial charge is 0.478 e. The van der Waals surface area contributed by atoms with E-state index in [4.69, 9.17) is 26.8 Å². The zero-order chi connectivity index (χ0) is 19.4. The summed E-state index contributed by atoms with van der Waals surface area (Å²) in [5.74, 6) is 0.966. The van der Waals surface area contributed by atoms with Crippen LogP contribution in [0.25, 0.3) is 0 Å². The average Bonchev–Trinajstić information content (AvgIpc) is 2.65. The van der Waals surface area contributed by atoms with Crippen LogP contribution in [-0.2, 0) is 9.47 Å². The van der Waals surface area contributed by atoms with Gasteiger partial charge in [0.15, 0.2) is 5.82 Å². The lowest BCUT2D eigenvalue weighted by Gasteiger charge is -2.24. The molecule has 0 aromatic carbocycles. The van der Waals surface area contributed by atoms with Gasteiger partial charge in [-0.2, -0.15) is 4.98 Å². The van der Waals surface area contributed by atoms with Gasteiger partial charge in [0.1, 0.15) is 16.9 Å². The highest BCUT2D eigenvalue weighted by Gasteiger charge is 2.26. The van der Waals surface area contributed by atoms with E-state index in [0.29, 0.717) is 48.3 Å². The van der Waals surface area contributed by atoms with E-state index in [2.05, 4.69) is 25.6 Å². The van der Waals surface area contributed by atoms with Crippen molar-refractivity contribution < 1.29 is 13.9 Å². The van der Waals surface area contributed by atoms with E-state index in [9.17, 15) is 4.39 Å². The molecule has 0 saturated carbocycles. The molecule has 3 heterocycles. The first-order chi connectivity index (χ1) is 12.9. The first-order valence-electron chi connectivity index (χ1n) is 8.89. The van der Waals surface area contributed by atoms with Crippen LogP contribution in [0.5, 0.6) is 0 Å². The van der Waals surface area contributed by atoms with Crippen LogP contribution in [-0.4, -0.2) is 53.8 Å². The molecule has 27 heavy (non-hydrogen) atoms. The van der Waals surface area contributed by atoms with Crippen LogP contribution in [0, 0.1) is 0 Å². The first-order valence-corrected chi connectivity index (χ1v) is 9.27. The van der Waals surface area contributed by atoms with E-state index in [1.807, 2.05) is 6.92 Å². The summed E-state index contributed by atoms with van der Waals surface area (Å²) in [6.07, 6.45) is 1.55. The lowest BCUT2D eigenvalue weighted by Crippen LogP contribution is -2.33. The summed E-state index contributed by atoms with van der Waals surface area (Å²) >= 11 is 6.17. The number of rotatable bonds is 2. The van der Waals surface area contributed by atoms with Gasteiger partial charge in [0.2, 0.25) is 11.8 Å². The molecule has 3 rings (SSSR count). The maximum atomic E-state index is 14.1. The Morgan fingerprint density at radius 3 is 3.00 bits per heavy atom. The highest BCUT2D eigenvalue weighted by atomic mass is 35.5. The third-order valence-electron chi connectivity index (χ3n) is 4.39. The molecule has 0 radical (unpaired) electrons. The molecule has 2 bridgehead atoms. The summed E-state index contributed by atoms with van der Waals surface area (Å²) < 4.78 is 24.9. The number of nitrogens with zero attached hydrogens (tertiary/aromatic N) is 3. The molecular formula is C17H24ClFN6O2. The van der Waals surface area contributed by atoms with Crippen LogP contribution in [0.1, 0.15) is 26.7 Å². The SMILES string of the molecule is CC(=NC1CCOCC1F)C1=C(N)OCCC(C)Nc2nc(ncc2Cl)N1. The molecule has 0 amide bonds. The molecule has 10 heteroatoms. The third-order valence-corrected chi connectivity index (χ3v) is 4.67. The smallest absolute Gasteiger partial charge is 0.229 e. The second-order valence-corrected chi connectivity index (χ2v) is 7.01. The molecule has 1 fully saturated rings. The van der Waals surface area contributed by atoms with E-state index in [1.165, 1.54) is 6.20 Å². The van der Waals surface area contributed by atoms with Gasteiger partial charge >= 0.3 is 0 Å². The van der Waals surface area contributed by atoms with Gasteiger partial charge in [-0.15, -0.1) is 0 Å². The van der Waals surface area contributed by atoms with E-state index in [0.717, 1.165) is 0 Å². The number of nitrogens with one attached hydrogen (secondary N) is 2. The fourth-order valence-corrected chi connectivity index (χ4v) is 2.99. The van der Waals surface area contributed by atoms with E-state index in [1.54, 1.807) is 6.92 Å². The third kappa shape index (κ3) is 4.98. The summed E-state index contributed by atoms with van der Waals surface area (Å²) in [5, 5.41) is 6.67. The van der Waals surface area contributed by atoms with Crippen molar-refractivity contribution >= 4 is 29.1 Å². The first kappa shape index (κ1) is 19.6. The fourth-order valence-electron chi connectivity index (χ4n) is 2.84. The molecular weight excluding hydrogens is 375 g/mol. The van der Waals surface area contributed by atoms with Crippen molar-refractivity contribution in [2.45, 2.75) is 44.9 Å². The number of alkyl halides is 1. The molecule has 2 aliphatic heterocycles. The van der Waals surface area contributed by atoms with Gasteiger partial charge in [-0.05, 0) is 20.3 Å². The van der Waals surface area contributed by atoms with E-state index >= 15 is 0 Å². The Morgan fingerprint density at radius 2 is 2.22 bits per heavy atom. The van der Waals surface area contributed by atoms with Crippen LogP contribution < -0.4 is 16.4 Å². The molecule has 0 spiro atoms. The summed E-state index contributed by atoms with van der Waals surface area (Å²) in [7, 11) is 0. The standard InChI is InChI=1S/C17H24ClFN6O2/c1-9-3-6-27-15(20)14(10(2)23-13-4-5-26-8-12(13)19)24-17-21-7-11(18)16(22-9)25-17/h7,9,12-13H,3-6,8,20H2,1-2H3,(H2,21,22,24,25). The van der Waals surface area contributed by atoms with Crippen molar-refractivity contribution in [2.75, 3.05) is 30.5 Å². The van der Waals surface area contributed by atoms with Gasteiger partial charge in [-0.3, -0.25) is 4.99 Å². The molecule has 1 aromatic heterocycles. The van der Waals surface area contributed by atoms with Crippen LogP contribution >= 0.6 is 11.6 Å². The van der Waals surface area contributed by atoms with Gasteiger partial charge in [0, 0.05) is 19.1 Å². The number of aliphatic imine (C=N–C) groups is 1. The number of fused-ring (bicyclic) bond motifs is 2. The van der Waals surface area contributed by atoms with Crippen LogP contribution in [0.2, 0.25) is 5.02 Å². The lowest BCUT2D eigenvalue weighted by atomic mass is 10.1. The maximum Gasteiger partial charge on any atom is 0.229 e. The summed E-state index contributed by atoms with van der Waals surface area (Å²) in [4.78, 5) is 13.1. The van der Waals surface area contributed by atoms with Gasteiger partial charge in [-0.25, -0.2) is 9.37 Å². The van der Waals surface area contributed by atoms with Gasteiger partial charge in [0.25, 0.3) is 0 Å². The van der Waals surface area contributed by atoms with Crippen molar-refractivity contribution in [3.05, 3.63) is 22.8 Å². The number of aromatic nitrogens is 2. The monoisotopic (exact) mass is 398 g/mol. The van der Waals surface area contributed by atoms with Crippen molar-refractivity contribution in [3.63, 3.8) is 0 Å². The normalized spacial score (nSPS) is 27.1. The zero-order valence-electron chi connectivity index (χ0n) is 15.3. The molecule has 2 aliphatic rings. The Kier molecular flexibility index (Phi) is 6.33. The highest BCUT2D eigenvalue weighted by Crippen LogP contribution is 2.23. The van der Waals surface area contributed by atoms with Gasteiger partial charge in [0.05, 0.1) is 31.2 Å². The Balaban J connectivity index is 1.92. The van der Waals surface area contributed by atoms with E-state index < -0.39 is 12.2 Å². The number of allylic oxidation sites excluding steroid dienone is 1. The molecule has 148 valence electrons. The predicted molar refractivity (Wildman–Crippen MR) is 103 cm³/mol. The summed E-state index contributed by atoms with van der Waals surface area (Å²) in [5.41, 5.74) is 7.06. The minimum absolute atomic E-state index is 0.0487. The quantitative estimate of drug-likeness (QED) is 0.657. The predicted octanol–water partition coefficient (Wildman–Crippen LogP) is 2.48. The Hall–Kier alpha value is -2.13. The molecule has 0 aliphatic carbocycles. The Bertz CT molecular complexity index is 744. The van der Waals surface area contributed by atoms with Gasteiger partial charge < -0.3 is 25.8 Å². The molecule has 8 nitrogen and oxygen atoms in total. The van der Waals surface area contributed by atoms with Crippen LogP contribution in [0.3, 0.4) is 0 Å². The minimum Gasteiger partial charge on any atom is -0.478 e. The molecule has 3 unspecified atom stereocenters. The molecule has 3 atom stereocenters. The fraction of sp³-hybridized carbons (Fsp3) is 0.588. The van der Waals surface area contributed by atoms with Crippen LogP contribution in [0.15, 0.2) is 22.8 Å². The summed E-state index contributed by atoms with van der Waals surface area (Å²) in [6.45, 7) is 4.66. The lowest BCUT2D eigenvalue weighted by molar-refractivity contribution is 0.0244. The number of halogens is 2. The second-order valence-electron chi connectivity index (χ2n) is 6.60.